The summed E-state index contributed by atoms with van der Waals surface area (Å²) in [5.74, 6) is 1.81. The van der Waals surface area contributed by atoms with Gasteiger partial charge in [0, 0.05) is 31.0 Å². The lowest BCUT2D eigenvalue weighted by atomic mass is 9.74. The van der Waals surface area contributed by atoms with Crippen LogP contribution in [0.5, 0.6) is 5.75 Å². The average Bonchev–Trinajstić information content (AvgIpc) is 3.15. The molecule has 23 heavy (non-hydrogen) atoms. The summed E-state index contributed by atoms with van der Waals surface area (Å²) in [5, 5.41) is 2.74. The number of rotatable bonds is 1. The molecule has 2 aliphatic heterocycles. The Morgan fingerprint density at radius 3 is 2.74 bits per heavy atom. The molecule has 2 unspecified atom stereocenters. The predicted octanol–water partition coefficient (Wildman–Crippen LogP) is 4.76. The molecule has 2 atom stereocenters. The lowest BCUT2D eigenvalue weighted by Gasteiger charge is -2.52. The minimum absolute atomic E-state index is 0.00972. The first-order chi connectivity index (χ1) is 11.4. The number of likely N-dealkylation sites (tertiary alicyclic amines) is 1. The molecule has 3 aliphatic rings. The second kappa shape index (κ2) is 5.24. The number of hydrogen-bond donors (Lipinski definition) is 0. The smallest absolute Gasteiger partial charge is 0.166 e. The molecule has 0 amide bonds. The second-order valence-corrected chi connectivity index (χ2v) is 7.55. The van der Waals surface area contributed by atoms with Crippen molar-refractivity contribution in [2.45, 2.75) is 50.7 Å². The Morgan fingerprint density at radius 1 is 0.957 bits per heavy atom. The number of fused-ring (bicyclic) bond motifs is 4. The van der Waals surface area contributed by atoms with E-state index in [0.29, 0.717) is 5.92 Å². The monoisotopic (exact) mass is 307 g/mol. The van der Waals surface area contributed by atoms with E-state index in [-0.39, 0.29) is 5.72 Å². The van der Waals surface area contributed by atoms with Gasteiger partial charge in [0.05, 0.1) is 0 Å². The highest BCUT2D eigenvalue weighted by Crippen LogP contribution is 2.49. The van der Waals surface area contributed by atoms with Crippen LogP contribution in [0.25, 0.3) is 10.8 Å². The van der Waals surface area contributed by atoms with Crippen LogP contribution in [0.4, 0.5) is 0 Å². The van der Waals surface area contributed by atoms with Crippen molar-refractivity contribution in [3.05, 3.63) is 42.0 Å². The van der Waals surface area contributed by atoms with Gasteiger partial charge in [-0.05, 0) is 48.9 Å². The molecule has 0 bridgehead atoms. The SMILES string of the molecule is c1ccc2c3c(ccc2c1)OC1(N2CCCC2)CCCCC1C3. The van der Waals surface area contributed by atoms with Gasteiger partial charge >= 0.3 is 0 Å². The molecule has 2 heterocycles. The van der Waals surface area contributed by atoms with Crippen LogP contribution in [0, 0.1) is 5.92 Å². The third kappa shape index (κ3) is 2.04. The molecule has 0 N–H and O–H groups in total. The largest absolute Gasteiger partial charge is 0.472 e. The van der Waals surface area contributed by atoms with Gasteiger partial charge in [-0.15, -0.1) is 0 Å². The quantitative estimate of drug-likeness (QED) is 0.753. The van der Waals surface area contributed by atoms with E-state index in [0.717, 1.165) is 5.75 Å². The number of ether oxygens (including phenoxy) is 1. The highest BCUT2D eigenvalue weighted by Gasteiger charge is 2.51. The van der Waals surface area contributed by atoms with Crippen molar-refractivity contribution < 1.29 is 4.74 Å². The fraction of sp³-hybridized carbons (Fsp3) is 0.524. The molecule has 2 aromatic carbocycles. The molecule has 0 aromatic heterocycles. The van der Waals surface area contributed by atoms with Crippen LogP contribution in [0.3, 0.4) is 0 Å². The third-order valence-electron chi connectivity index (χ3n) is 6.35. The van der Waals surface area contributed by atoms with Crippen LogP contribution in [0.2, 0.25) is 0 Å². The molecule has 0 spiro atoms. The van der Waals surface area contributed by atoms with E-state index in [1.807, 2.05) is 0 Å². The van der Waals surface area contributed by atoms with Crippen molar-refractivity contribution in [3.63, 3.8) is 0 Å². The van der Waals surface area contributed by atoms with Crippen molar-refractivity contribution >= 4 is 10.8 Å². The molecule has 1 saturated heterocycles. The summed E-state index contributed by atoms with van der Waals surface area (Å²) in [6.45, 7) is 2.44. The maximum atomic E-state index is 6.84. The topological polar surface area (TPSA) is 12.5 Å². The maximum absolute atomic E-state index is 6.84. The molecule has 2 aromatic rings. The van der Waals surface area contributed by atoms with Gasteiger partial charge in [-0.1, -0.05) is 36.8 Å². The number of benzene rings is 2. The molecule has 2 heteroatoms. The van der Waals surface area contributed by atoms with Gasteiger partial charge in [0.15, 0.2) is 5.72 Å². The van der Waals surface area contributed by atoms with Gasteiger partial charge in [-0.2, -0.15) is 0 Å². The summed E-state index contributed by atoms with van der Waals surface area (Å²) < 4.78 is 6.84. The van der Waals surface area contributed by atoms with Crippen LogP contribution >= 0.6 is 0 Å². The van der Waals surface area contributed by atoms with E-state index >= 15 is 0 Å². The van der Waals surface area contributed by atoms with Gasteiger partial charge in [-0.3, -0.25) is 4.90 Å². The normalized spacial score (nSPS) is 30.7. The van der Waals surface area contributed by atoms with Crippen molar-refractivity contribution in [1.82, 2.24) is 4.90 Å². The maximum Gasteiger partial charge on any atom is 0.166 e. The Labute approximate surface area is 138 Å². The van der Waals surface area contributed by atoms with Crippen LogP contribution in [-0.4, -0.2) is 23.7 Å². The Morgan fingerprint density at radius 2 is 1.83 bits per heavy atom. The summed E-state index contributed by atoms with van der Waals surface area (Å²) in [6, 6.07) is 13.2. The molecule has 5 rings (SSSR count). The first-order valence-electron chi connectivity index (χ1n) is 9.31. The van der Waals surface area contributed by atoms with Gasteiger partial charge in [0.25, 0.3) is 0 Å². The van der Waals surface area contributed by atoms with Crippen LogP contribution in [0.15, 0.2) is 36.4 Å². The van der Waals surface area contributed by atoms with Crippen molar-refractivity contribution in [2.24, 2.45) is 5.92 Å². The summed E-state index contributed by atoms with van der Waals surface area (Å²) >= 11 is 0. The summed E-state index contributed by atoms with van der Waals surface area (Å²) in [7, 11) is 0. The number of hydrogen-bond acceptors (Lipinski definition) is 2. The molecule has 120 valence electrons. The van der Waals surface area contributed by atoms with Crippen molar-refractivity contribution in [1.29, 1.82) is 0 Å². The molecule has 1 aliphatic carbocycles. The van der Waals surface area contributed by atoms with Crippen molar-refractivity contribution in [2.75, 3.05) is 13.1 Å². The fourth-order valence-electron chi connectivity index (χ4n) is 5.23. The van der Waals surface area contributed by atoms with Crippen LogP contribution in [0.1, 0.15) is 44.1 Å². The van der Waals surface area contributed by atoms with Gasteiger partial charge in [0.1, 0.15) is 5.75 Å². The lowest BCUT2D eigenvalue weighted by molar-refractivity contribution is -0.148. The van der Waals surface area contributed by atoms with Gasteiger partial charge < -0.3 is 4.74 Å². The Hall–Kier alpha value is -1.54. The van der Waals surface area contributed by atoms with Crippen LogP contribution < -0.4 is 4.74 Å². The summed E-state index contributed by atoms with van der Waals surface area (Å²) in [5.41, 5.74) is 1.44. The van der Waals surface area contributed by atoms with E-state index in [4.69, 9.17) is 4.74 Å². The second-order valence-electron chi connectivity index (χ2n) is 7.55. The van der Waals surface area contributed by atoms with Gasteiger partial charge in [-0.25, -0.2) is 0 Å². The van der Waals surface area contributed by atoms with Crippen LogP contribution in [-0.2, 0) is 6.42 Å². The zero-order valence-corrected chi connectivity index (χ0v) is 13.8. The molecule has 0 radical (unpaired) electrons. The van der Waals surface area contributed by atoms with E-state index in [1.165, 1.54) is 74.4 Å². The first-order valence-corrected chi connectivity index (χ1v) is 9.31. The van der Waals surface area contributed by atoms with E-state index in [2.05, 4.69) is 41.3 Å². The minimum atomic E-state index is -0.00972. The molecule has 2 fully saturated rings. The highest BCUT2D eigenvalue weighted by atomic mass is 16.5. The van der Waals surface area contributed by atoms with Crippen molar-refractivity contribution in [3.8, 4) is 5.75 Å². The van der Waals surface area contributed by atoms with E-state index in [9.17, 15) is 0 Å². The Balaban J connectivity index is 1.63. The molecular formula is C21H25NO. The summed E-state index contributed by atoms with van der Waals surface area (Å²) in [6.07, 6.45) is 9.07. The average molecular weight is 307 g/mol. The lowest BCUT2D eigenvalue weighted by Crippen LogP contribution is -2.60. The molecule has 1 saturated carbocycles. The minimum Gasteiger partial charge on any atom is -0.472 e. The highest BCUT2D eigenvalue weighted by molar-refractivity contribution is 5.88. The molecular weight excluding hydrogens is 282 g/mol. The van der Waals surface area contributed by atoms with Gasteiger partial charge in [0.2, 0.25) is 0 Å². The number of nitrogens with zero attached hydrogens (tertiary/aromatic N) is 1. The fourth-order valence-corrected chi connectivity index (χ4v) is 5.23. The first kappa shape index (κ1) is 13.9. The predicted molar refractivity (Wildman–Crippen MR) is 93.8 cm³/mol. The van der Waals surface area contributed by atoms with E-state index < -0.39 is 0 Å². The Bertz CT molecular complexity index is 734. The Kier molecular flexibility index (Phi) is 3.16. The standard InChI is InChI=1S/C21H25NO/c1-2-9-18-16(7-1)10-11-20-19(18)15-17-8-3-4-12-21(17,23-20)22-13-5-6-14-22/h1-2,7,9-11,17H,3-6,8,12-15H2. The third-order valence-corrected chi connectivity index (χ3v) is 6.35. The molecule has 2 nitrogen and oxygen atoms in total. The van der Waals surface area contributed by atoms with E-state index in [1.54, 1.807) is 0 Å². The zero-order chi connectivity index (χ0) is 15.3. The summed E-state index contributed by atoms with van der Waals surface area (Å²) in [4.78, 5) is 2.68. The zero-order valence-electron chi connectivity index (χ0n) is 13.8.